The van der Waals surface area contributed by atoms with Crippen LogP contribution in [0.3, 0.4) is 0 Å². The summed E-state index contributed by atoms with van der Waals surface area (Å²) in [4.78, 5) is 11.0. The number of aromatic carboxylic acids is 1. The minimum absolute atomic E-state index is 0.0713. The summed E-state index contributed by atoms with van der Waals surface area (Å²) in [6.45, 7) is 0. The van der Waals surface area contributed by atoms with E-state index in [-0.39, 0.29) is 11.3 Å². The molecule has 2 aromatic rings. The van der Waals surface area contributed by atoms with Crippen LogP contribution >= 0.6 is 11.6 Å². The van der Waals surface area contributed by atoms with Crippen LogP contribution in [0, 0.1) is 0 Å². The van der Waals surface area contributed by atoms with Gasteiger partial charge in [0.25, 0.3) is 0 Å². The van der Waals surface area contributed by atoms with Crippen molar-refractivity contribution in [1.29, 1.82) is 0 Å². The fourth-order valence-corrected chi connectivity index (χ4v) is 1.74. The van der Waals surface area contributed by atoms with Crippen LogP contribution in [0.15, 0.2) is 42.5 Å². The third kappa shape index (κ3) is 2.73. The third-order valence-corrected chi connectivity index (χ3v) is 2.63. The number of hydrogen-bond acceptors (Lipinski definition) is 3. The highest BCUT2D eigenvalue weighted by Crippen LogP contribution is 2.23. The van der Waals surface area contributed by atoms with Gasteiger partial charge in [0.2, 0.25) is 0 Å². The van der Waals surface area contributed by atoms with Crippen molar-refractivity contribution in [2.24, 2.45) is 0 Å². The second-order valence-corrected chi connectivity index (χ2v) is 4.18. The van der Waals surface area contributed by atoms with Crippen molar-refractivity contribution in [1.82, 2.24) is 0 Å². The number of rotatable bonds is 3. The number of nitrogen functional groups attached to an aromatic ring is 1. The number of nitrogens with two attached hydrogens (primary N) is 1. The second-order valence-electron chi connectivity index (χ2n) is 3.74. The molecule has 4 N–H and O–H groups in total. The Bertz CT molecular complexity index is 599. The Labute approximate surface area is 109 Å². The molecule has 92 valence electrons. The molecule has 0 radical (unpaired) electrons. The maximum absolute atomic E-state index is 11.0. The molecular formula is C13H11ClN2O2. The zero-order valence-corrected chi connectivity index (χ0v) is 10.1. The number of carboxylic acid groups (broad SMARTS) is 1. The van der Waals surface area contributed by atoms with Crippen molar-refractivity contribution in [2.45, 2.75) is 0 Å². The molecule has 2 rings (SSSR count). The van der Waals surface area contributed by atoms with Crippen molar-refractivity contribution in [2.75, 3.05) is 11.1 Å². The maximum Gasteiger partial charge on any atom is 0.337 e. The average molecular weight is 263 g/mol. The predicted molar refractivity (Wildman–Crippen MR) is 72.5 cm³/mol. The molecule has 18 heavy (non-hydrogen) atoms. The van der Waals surface area contributed by atoms with Gasteiger partial charge < -0.3 is 16.2 Å². The lowest BCUT2D eigenvalue weighted by molar-refractivity contribution is 0.0698. The van der Waals surface area contributed by atoms with Gasteiger partial charge in [-0.3, -0.25) is 0 Å². The molecule has 0 aliphatic heterocycles. The van der Waals surface area contributed by atoms with E-state index in [4.69, 9.17) is 22.4 Å². The van der Waals surface area contributed by atoms with Crippen LogP contribution in [0.1, 0.15) is 10.4 Å². The van der Waals surface area contributed by atoms with Crippen molar-refractivity contribution in [3.05, 3.63) is 53.1 Å². The first-order valence-electron chi connectivity index (χ1n) is 5.21. The number of nitrogens with one attached hydrogen (secondary N) is 1. The molecule has 0 aliphatic rings. The number of halogens is 1. The van der Waals surface area contributed by atoms with E-state index >= 15 is 0 Å². The normalized spacial score (nSPS) is 10.1. The highest BCUT2D eigenvalue weighted by molar-refractivity contribution is 6.30. The summed E-state index contributed by atoms with van der Waals surface area (Å²) in [7, 11) is 0. The summed E-state index contributed by atoms with van der Waals surface area (Å²) in [5, 5.41) is 12.6. The zero-order chi connectivity index (χ0) is 13.1. The van der Waals surface area contributed by atoms with Gasteiger partial charge in [0.05, 0.1) is 5.56 Å². The zero-order valence-electron chi connectivity index (χ0n) is 9.35. The van der Waals surface area contributed by atoms with Crippen LogP contribution in [-0.2, 0) is 0 Å². The van der Waals surface area contributed by atoms with E-state index in [1.54, 1.807) is 30.3 Å². The van der Waals surface area contributed by atoms with Crippen LogP contribution in [0.5, 0.6) is 0 Å². The Morgan fingerprint density at radius 3 is 2.56 bits per heavy atom. The Kier molecular flexibility index (Phi) is 3.39. The summed E-state index contributed by atoms with van der Waals surface area (Å²) >= 11 is 5.86. The molecule has 0 amide bonds. The topological polar surface area (TPSA) is 75.3 Å². The molecule has 0 atom stereocenters. The first kappa shape index (κ1) is 12.3. The third-order valence-electron chi connectivity index (χ3n) is 2.40. The standard InChI is InChI=1S/C13H11ClN2O2/c14-8-2-1-3-9(6-8)16-10-4-5-12(15)11(7-10)13(17)18/h1-7,16H,15H2,(H,17,18). The molecule has 0 aliphatic carbocycles. The molecule has 0 saturated heterocycles. The first-order chi connectivity index (χ1) is 8.56. The van der Waals surface area contributed by atoms with Gasteiger partial charge in [-0.05, 0) is 36.4 Å². The van der Waals surface area contributed by atoms with Crippen molar-refractivity contribution in [3.63, 3.8) is 0 Å². The lowest BCUT2D eigenvalue weighted by Crippen LogP contribution is -2.03. The molecule has 5 heteroatoms. The lowest BCUT2D eigenvalue weighted by atomic mass is 10.1. The summed E-state index contributed by atoms with van der Waals surface area (Å²) in [5.41, 5.74) is 7.31. The molecule has 0 bridgehead atoms. The summed E-state index contributed by atoms with van der Waals surface area (Å²) in [5.74, 6) is -1.05. The minimum atomic E-state index is -1.05. The summed E-state index contributed by atoms with van der Waals surface area (Å²) in [6, 6.07) is 11.9. The fourth-order valence-electron chi connectivity index (χ4n) is 1.55. The molecular weight excluding hydrogens is 252 g/mol. The van der Waals surface area contributed by atoms with Crippen LogP contribution in [-0.4, -0.2) is 11.1 Å². The summed E-state index contributed by atoms with van der Waals surface area (Å²) in [6.07, 6.45) is 0. The highest BCUT2D eigenvalue weighted by atomic mass is 35.5. The van der Waals surface area contributed by atoms with E-state index in [1.165, 1.54) is 6.07 Å². The van der Waals surface area contributed by atoms with E-state index in [9.17, 15) is 4.79 Å². The predicted octanol–water partition coefficient (Wildman–Crippen LogP) is 3.36. The minimum Gasteiger partial charge on any atom is -0.478 e. The van der Waals surface area contributed by atoms with Crippen LogP contribution in [0.4, 0.5) is 17.1 Å². The van der Waals surface area contributed by atoms with Gasteiger partial charge in [-0.1, -0.05) is 17.7 Å². The van der Waals surface area contributed by atoms with Gasteiger partial charge >= 0.3 is 5.97 Å². The largest absolute Gasteiger partial charge is 0.478 e. The van der Waals surface area contributed by atoms with Gasteiger partial charge in [-0.2, -0.15) is 0 Å². The van der Waals surface area contributed by atoms with Crippen molar-refractivity contribution in [3.8, 4) is 0 Å². The molecule has 0 unspecified atom stereocenters. The van der Waals surface area contributed by atoms with Gasteiger partial charge in [-0.25, -0.2) is 4.79 Å². The number of carboxylic acids is 1. The Morgan fingerprint density at radius 1 is 1.17 bits per heavy atom. The first-order valence-corrected chi connectivity index (χ1v) is 5.59. The smallest absolute Gasteiger partial charge is 0.337 e. The molecule has 0 saturated carbocycles. The summed E-state index contributed by atoms with van der Waals surface area (Å²) < 4.78 is 0. The number of carbonyl (C=O) groups is 1. The fraction of sp³-hybridized carbons (Fsp3) is 0. The molecule has 0 aromatic heterocycles. The van der Waals surface area contributed by atoms with Gasteiger partial charge in [0, 0.05) is 22.1 Å². The van der Waals surface area contributed by atoms with E-state index in [1.807, 2.05) is 6.07 Å². The number of hydrogen-bond donors (Lipinski definition) is 3. The lowest BCUT2D eigenvalue weighted by Gasteiger charge is -2.09. The van der Waals surface area contributed by atoms with E-state index in [0.29, 0.717) is 10.7 Å². The number of anilines is 3. The van der Waals surface area contributed by atoms with Crippen LogP contribution in [0.2, 0.25) is 5.02 Å². The van der Waals surface area contributed by atoms with E-state index in [0.717, 1.165) is 5.69 Å². The van der Waals surface area contributed by atoms with Gasteiger partial charge in [-0.15, -0.1) is 0 Å². The van der Waals surface area contributed by atoms with Gasteiger partial charge in [0.1, 0.15) is 0 Å². The maximum atomic E-state index is 11.0. The highest BCUT2D eigenvalue weighted by Gasteiger charge is 2.08. The molecule has 0 fully saturated rings. The Morgan fingerprint density at radius 2 is 1.89 bits per heavy atom. The average Bonchev–Trinajstić information content (AvgIpc) is 2.31. The molecule has 4 nitrogen and oxygen atoms in total. The molecule has 2 aromatic carbocycles. The Hall–Kier alpha value is -2.20. The van der Waals surface area contributed by atoms with E-state index in [2.05, 4.69) is 5.32 Å². The monoisotopic (exact) mass is 262 g/mol. The SMILES string of the molecule is Nc1ccc(Nc2cccc(Cl)c2)cc1C(=O)O. The van der Waals surface area contributed by atoms with Crippen LogP contribution < -0.4 is 11.1 Å². The van der Waals surface area contributed by atoms with Crippen molar-refractivity contribution >= 4 is 34.6 Å². The quantitative estimate of drug-likeness (QED) is 0.742. The van der Waals surface area contributed by atoms with Crippen LogP contribution in [0.25, 0.3) is 0 Å². The van der Waals surface area contributed by atoms with E-state index < -0.39 is 5.97 Å². The number of benzene rings is 2. The second kappa shape index (κ2) is 4.98. The molecule has 0 heterocycles. The van der Waals surface area contributed by atoms with Gasteiger partial charge in [0.15, 0.2) is 0 Å². The Balaban J connectivity index is 2.30. The van der Waals surface area contributed by atoms with Crippen molar-refractivity contribution < 1.29 is 9.90 Å². The molecule has 0 spiro atoms.